The average molecular weight is 387 g/mol. The Morgan fingerprint density at radius 3 is 1.95 bits per heavy atom. The molecule has 0 N–H and O–H groups in total. The summed E-state index contributed by atoms with van der Waals surface area (Å²) in [7, 11) is 0. The van der Waals surface area contributed by atoms with Crippen LogP contribution in [0.3, 0.4) is 0 Å². The first kappa shape index (κ1) is 18.5. The van der Waals surface area contributed by atoms with Crippen LogP contribution in [0.4, 0.5) is 0 Å². The van der Waals surface area contributed by atoms with E-state index in [1.807, 2.05) is 0 Å². The molecule has 1 rings (SSSR count). The second kappa shape index (κ2) is 11.1. The molecule has 0 aromatic carbocycles. The van der Waals surface area contributed by atoms with Gasteiger partial charge in [0.05, 0.1) is 0 Å². The van der Waals surface area contributed by atoms with Crippen molar-refractivity contribution in [2.45, 2.75) is 89.6 Å². The van der Waals surface area contributed by atoms with Crippen LogP contribution in [0.25, 0.3) is 0 Å². The molecule has 0 aromatic heterocycles. The van der Waals surface area contributed by atoms with E-state index in [1.165, 1.54) is 51.4 Å². The van der Waals surface area contributed by atoms with Gasteiger partial charge in [-0.1, -0.05) is 0 Å². The van der Waals surface area contributed by atoms with Gasteiger partial charge in [0, 0.05) is 0 Å². The van der Waals surface area contributed by atoms with Crippen LogP contribution in [0.15, 0.2) is 12.2 Å². The number of allylic oxidation sites excluding steroid dienone is 1. The van der Waals surface area contributed by atoms with E-state index in [4.69, 9.17) is 4.74 Å². The van der Waals surface area contributed by atoms with Crippen molar-refractivity contribution in [3.63, 3.8) is 0 Å². The fourth-order valence-electron chi connectivity index (χ4n) is 3.62. The minimum absolute atomic E-state index is 0.698. The molecule has 1 nitrogen and oxygen atoms in total. The summed E-state index contributed by atoms with van der Waals surface area (Å²) in [6.07, 6.45) is 15.6. The van der Waals surface area contributed by atoms with E-state index in [9.17, 15) is 0 Å². The molecule has 0 fully saturated rings. The topological polar surface area (TPSA) is 9.23 Å². The first-order valence-electron chi connectivity index (χ1n) is 9.05. The van der Waals surface area contributed by atoms with E-state index in [2.05, 4.69) is 32.9 Å². The number of unbranched alkanes of at least 4 members (excludes halogenated alkanes) is 3. The third-order valence-electron chi connectivity index (χ3n) is 4.92. The van der Waals surface area contributed by atoms with Crippen molar-refractivity contribution in [3.8, 4) is 0 Å². The van der Waals surface area contributed by atoms with Gasteiger partial charge in [-0.15, -0.1) is 0 Å². The van der Waals surface area contributed by atoms with Gasteiger partial charge in [0.2, 0.25) is 0 Å². The fourth-order valence-corrected chi connectivity index (χ4v) is 21.1. The predicted molar refractivity (Wildman–Crippen MR) is 93.0 cm³/mol. The van der Waals surface area contributed by atoms with Gasteiger partial charge in [-0.05, 0) is 0 Å². The second-order valence-electron chi connectivity index (χ2n) is 6.54. The van der Waals surface area contributed by atoms with Gasteiger partial charge in [0.15, 0.2) is 0 Å². The summed E-state index contributed by atoms with van der Waals surface area (Å²) in [5.74, 6) is 0. The van der Waals surface area contributed by atoms with Crippen LogP contribution in [0.2, 0.25) is 13.3 Å². The zero-order valence-electron chi connectivity index (χ0n) is 14.1. The molecule has 20 heavy (non-hydrogen) atoms. The average Bonchev–Trinajstić information content (AvgIpc) is 2.76. The number of rotatable bonds is 10. The van der Waals surface area contributed by atoms with Crippen molar-refractivity contribution in [1.29, 1.82) is 0 Å². The molecule has 2 heteroatoms. The number of ether oxygens (including phenoxy) is 1. The van der Waals surface area contributed by atoms with Crippen LogP contribution in [0, 0.1) is 0 Å². The Bertz CT molecular complexity index is 230. The standard InChI is InChI=1S/C6H9O.3C4H9.Sn/c1-2-4-6-7-5-3-1;3*1-3-4-2;/h1,3,6H,2,4-5H2;3*1,3-4H2,2H3;. The van der Waals surface area contributed by atoms with Crippen LogP contribution in [-0.4, -0.2) is 29.1 Å². The molecule has 0 aliphatic carbocycles. The first-order chi connectivity index (χ1) is 9.79. The number of hydrogen-bond acceptors (Lipinski definition) is 1. The van der Waals surface area contributed by atoms with E-state index < -0.39 is 18.4 Å². The van der Waals surface area contributed by atoms with E-state index in [-0.39, 0.29) is 0 Å². The van der Waals surface area contributed by atoms with Gasteiger partial charge in [-0.3, -0.25) is 0 Å². The molecule has 0 radical (unpaired) electrons. The molecule has 1 aliphatic heterocycles. The molecule has 0 spiro atoms. The minimum atomic E-state index is -2.12. The predicted octanol–water partition coefficient (Wildman–Crippen LogP) is 6.11. The molecule has 1 atom stereocenters. The Morgan fingerprint density at radius 1 is 0.900 bits per heavy atom. The van der Waals surface area contributed by atoms with Gasteiger partial charge in [-0.2, -0.15) is 0 Å². The maximum atomic E-state index is 6.37. The Kier molecular flexibility index (Phi) is 10.3. The van der Waals surface area contributed by atoms with Gasteiger partial charge >= 0.3 is 131 Å². The third-order valence-corrected chi connectivity index (χ3v) is 21.7. The van der Waals surface area contributed by atoms with Gasteiger partial charge in [0.25, 0.3) is 0 Å². The SMILES string of the molecule is CCC[CH2][Sn]([CH2]CCC)([CH2]CCC)[CH]1CCC=CCO1. The second-order valence-corrected chi connectivity index (χ2v) is 20.4. The van der Waals surface area contributed by atoms with Crippen molar-refractivity contribution in [2.75, 3.05) is 6.61 Å². The molecule has 0 saturated heterocycles. The first-order valence-corrected chi connectivity index (χ1v) is 16.8. The van der Waals surface area contributed by atoms with E-state index >= 15 is 0 Å². The van der Waals surface area contributed by atoms with E-state index in [0.717, 1.165) is 6.61 Å². The van der Waals surface area contributed by atoms with Crippen LogP contribution < -0.4 is 0 Å². The molecule has 1 aliphatic rings. The number of hydrogen-bond donors (Lipinski definition) is 0. The molecule has 1 heterocycles. The quantitative estimate of drug-likeness (QED) is 0.325. The third kappa shape index (κ3) is 6.09. The molecule has 0 saturated carbocycles. The zero-order chi connectivity index (χ0) is 14.7. The van der Waals surface area contributed by atoms with Gasteiger partial charge < -0.3 is 0 Å². The van der Waals surface area contributed by atoms with E-state index in [0.29, 0.717) is 4.12 Å². The van der Waals surface area contributed by atoms with Crippen molar-refractivity contribution >= 4 is 18.4 Å². The van der Waals surface area contributed by atoms with Crippen molar-refractivity contribution in [3.05, 3.63) is 12.2 Å². The summed E-state index contributed by atoms with van der Waals surface area (Å²) in [4.78, 5) is 0. The summed E-state index contributed by atoms with van der Waals surface area (Å²) >= 11 is -2.12. The molecule has 118 valence electrons. The molecule has 0 aromatic rings. The summed E-state index contributed by atoms with van der Waals surface area (Å²) < 4.78 is 11.8. The van der Waals surface area contributed by atoms with Gasteiger partial charge in [-0.25, -0.2) is 0 Å². The van der Waals surface area contributed by atoms with Crippen molar-refractivity contribution in [1.82, 2.24) is 0 Å². The molecule has 1 unspecified atom stereocenters. The van der Waals surface area contributed by atoms with Crippen molar-refractivity contribution < 1.29 is 4.74 Å². The molecule has 0 bridgehead atoms. The Morgan fingerprint density at radius 2 is 1.45 bits per heavy atom. The van der Waals surface area contributed by atoms with Crippen molar-refractivity contribution in [2.24, 2.45) is 0 Å². The molecular formula is C18H36OSn. The summed E-state index contributed by atoms with van der Waals surface area (Å²) in [5.41, 5.74) is 0. The van der Waals surface area contributed by atoms with Gasteiger partial charge in [0.1, 0.15) is 0 Å². The molecule has 0 amide bonds. The fraction of sp³-hybridized carbons (Fsp3) is 0.889. The summed E-state index contributed by atoms with van der Waals surface area (Å²) in [5, 5.41) is 0. The summed E-state index contributed by atoms with van der Waals surface area (Å²) in [6, 6.07) is 0. The van der Waals surface area contributed by atoms with Crippen LogP contribution >= 0.6 is 0 Å². The monoisotopic (exact) mass is 388 g/mol. The Hall–Kier alpha value is 0.499. The maximum absolute atomic E-state index is 6.37. The Balaban J connectivity index is 2.79. The normalized spacial score (nSPS) is 20.1. The van der Waals surface area contributed by atoms with Crippen LogP contribution in [0.1, 0.15) is 72.1 Å². The van der Waals surface area contributed by atoms with E-state index in [1.54, 1.807) is 13.3 Å². The van der Waals surface area contributed by atoms with Crippen LogP contribution in [-0.2, 0) is 4.74 Å². The van der Waals surface area contributed by atoms with Crippen LogP contribution in [0.5, 0.6) is 0 Å². The molecular weight excluding hydrogens is 351 g/mol. The Labute approximate surface area is 131 Å². The zero-order valence-corrected chi connectivity index (χ0v) is 17.0. The summed E-state index contributed by atoms with van der Waals surface area (Å²) in [6.45, 7) is 7.94.